The Balaban J connectivity index is 2.33. The van der Waals surface area contributed by atoms with Gasteiger partial charge in [-0.15, -0.1) is 0 Å². The van der Waals surface area contributed by atoms with Gasteiger partial charge in [0, 0.05) is 18.8 Å². The summed E-state index contributed by atoms with van der Waals surface area (Å²) in [5, 5.41) is 22.9. The van der Waals surface area contributed by atoms with Crippen LogP contribution in [-0.4, -0.2) is 57.1 Å². The number of carbonyl (C=O) groups excluding carboxylic acids is 1. The second kappa shape index (κ2) is 7.40. The van der Waals surface area contributed by atoms with Crippen molar-refractivity contribution in [2.24, 2.45) is 0 Å². The Hall–Kier alpha value is -1.89. The lowest BCUT2D eigenvalue weighted by atomic mass is 10.3. The average Bonchev–Trinajstić information content (AvgIpc) is 2.88. The molecule has 2 aromatic rings. The van der Waals surface area contributed by atoms with E-state index in [9.17, 15) is 4.79 Å². The largest absolute Gasteiger partial charge is 0.395 e. The molecule has 1 heterocycles. The van der Waals surface area contributed by atoms with E-state index in [1.54, 1.807) is 16.8 Å². The monoisotopic (exact) mass is 323 g/mol. The van der Waals surface area contributed by atoms with Gasteiger partial charge in [-0.3, -0.25) is 4.79 Å². The summed E-state index contributed by atoms with van der Waals surface area (Å²) in [6, 6.07) is 8.89. The standard InChI is InChI=1S/C15H18ClN3O3/c1-11-10-13(15(22)18(6-8-20)7-9-21)17-19(11)14-5-3-2-4-12(14)16/h2-5,10,20-21H,6-9H2,1H3. The molecular formula is C15H18ClN3O3. The Morgan fingerprint density at radius 3 is 2.50 bits per heavy atom. The number of hydrogen-bond donors (Lipinski definition) is 2. The molecule has 0 unspecified atom stereocenters. The van der Waals surface area contributed by atoms with E-state index in [0.29, 0.717) is 10.7 Å². The van der Waals surface area contributed by atoms with Gasteiger partial charge in [-0.25, -0.2) is 4.68 Å². The summed E-state index contributed by atoms with van der Waals surface area (Å²) in [6.07, 6.45) is 0. The number of aryl methyl sites for hydroxylation is 1. The highest BCUT2D eigenvalue weighted by Crippen LogP contribution is 2.21. The van der Waals surface area contributed by atoms with E-state index in [-0.39, 0.29) is 37.9 Å². The molecule has 7 heteroatoms. The fraction of sp³-hybridized carbons (Fsp3) is 0.333. The van der Waals surface area contributed by atoms with Crippen molar-refractivity contribution in [3.05, 3.63) is 46.7 Å². The van der Waals surface area contributed by atoms with Gasteiger partial charge < -0.3 is 15.1 Å². The van der Waals surface area contributed by atoms with E-state index in [1.165, 1.54) is 4.90 Å². The minimum absolute atomic E-state index is 0.150. The van der Waals surface area contributed by atoms with Crippen LogP contribution < -0.4 is 0 Å². The zero-order chi connectivity index (χ0) is 16.1. The number of carbonyl (C=O) groups is 1. The van der Waals surface area contributed by atoms with E-state index < -0.39 is 0 Å². The highest BCUT2D eigenvalue weighted by atomic mass is 35.5. The summed E-state index contributed by atoms with van der Waals surface area (Å²) in [7, 11) is 0. The molecule has 6 nitrogen and oxygen atoms in total. The molecule has 0 aliphatic carbocycles. The molecule has 1 amide bonds. The maximum Gasteiger partial charge on any atom is 0.274 e. The number of benzene rings is 1. The Labute approximate surface area is 133 Å². The highest BCUT2D eigenvalue weighted by molar-refractivity contribution is 6.32. The van der Waals surface area contributed by atoms with Crippen LogP contribution >= 0.6 is 11.6 Å². The summed E-state index contributed by atoms with van der Waals surface area (Å²) in [6.45, 7) is 1.79. The number of halogens is 1. The van der Waals surface area contributed by atoms with E-state index in [4.69, 9.17) is 21.8 Å². The topological polar surface area (TPSA) is 78.6 Å². The van der Waals surface area contributed by atoms with Crippen molar-refractivity contribution in [1.82, 2.24) is 14.7 Å². The van der Waals surface area contributed by atoms with Crippen LogP contribution in [-0.2, 0) is 0 Å². The van der Waals surface area contributed by atoms with Crippen LogP contribution in [0, 0.1) is 6.92 Å². The first-order chi connectivity index (χ1) is 10.6. The number of aliphatic hydroxyl groups excluding tert-OH is 2. The third-order valence-electron chi connectivity index (χ3n) is 3.21. The fourth-order valence-electron chi connectivity index (χ4n) is 2.16. The molecular weight excluding hydrogens is 306 g/mol. The number of amides is 1. The predicted molar refractivity (Wildman–Crippen MR) is 83.4 cm³/mol. The molecule has 0 fully saturated rings. The summed E-state index contributed by atoms with van der Waals surface area (Å²) >= 11 is 6.16. The SMILES string of the molecule is Cc1cc(C(=O)N(CCO)CCO)nn1-c1ccccc1Cl. The molecule has 0 aliphatic heterocycles. The van der Waals surface area contributed by atoms with Crippen LogP contribution in [0.5, 0.6) is 0 Å². The Morgan fingerprint density at radius 1 is 1.27 bits per heavy atom. The fourth-order valence-corrected chi connectivity index (χ4v) is 2.38. The van der Waals surface area contributed by atoms with Crippen molar-refractivity contribution in [1.29, 1.82) is 0 Å². The summed E-state index contributed by atoms with van der Waals surface area (Å²) in [5.74, 6) is -0.336. The molecule has 1 aromatic heterocycles. The lowest BCUT2D eigenvalue weighted by Gasteiger charge is -2.19. The molecule has 0 radical (unpaired) electrons. The molecule has 2 N–H and O–H groups in total. The van der Waals surface area contributed by atoms with Crippen LogP contribution in [0.25, 0.3) is 5.69 Å². The maximum absolute atomic E-state index is 12.4. The van der Waals surface area contributed by atoms with Crippen molar-refractivity contribution in [3.63, 3.8) is 0 Å². The number of rotatable bonds is 6. The van der Waals surface area contributed by atoms with Crippen LogP contribution in [0.2, 0.25) is 5.02 Å². The van der Waals surface area contributed by atoms with E-state index >= 15 is 0 Å². The summed E-state index contributed by atoms with van der Waals surface area (Å²) < 4.78 is 1.60. The number of hydrogen-bond acceptors (Lipinski definition) is 4. The quantitative estimate of drug-likeness (QED) is 0.839. The predicted octanol–water partition coefficient (Wildman–Crippen LogP) is 1.26. The molecule has 0 saturated heterocycles. The smallest absolute Gasteiger partial charge is 0.274 e. The molecule has 0 bridgehead atoms. The van der Waals surface area contributed by atoms with Crippen LogP contribution in [0.3, 0.4) is 0 Å². The van der Waals surface area contributed by atoms with Gasteiger partial charge in [0.25, 0.3) is 5.91 Å². The van der Waals surface area contributed by atoms with Crippen molar-refractivity contribution < 1.29 is 15.0 Å². The first-order valence-corrected chi connectivity index (χ1v) is 7.29. The second-order valence-electron chi connectivity index (χ2n) is 4.77. The first-order valence-electron chi connectivity index (χ1n) is 6.91. The molecule has 2 rings (SSSR count). The van der Waals surface area contributed by atoms with Gasteiger partial charge in [-0.2, -0.15) is 5.10 Å². The van der Waals surface area contributed by atoms with Crippen LogP contribution in [0.4, 0.5) is 0 Å². The Morgan fingerprint density at radius 2 is 1.91 bits per heavy atom. The van der Waals surface area contributed by atoms with Gasteiger partial charge in [-0.1, -0.05) is 23.7 Å². The van der Waals surface area contributed by atoms with Gasteiger partial charge in [0.2, 0.25) is 0 Å². The average molecular weight is 324 g/mol. The molecule has 0 spiro atoms. The second-order valence-corrected chi connectivity index (χ2v) is 5.18. The molecule has 0 aliphatic rings. The van der Waals surface area contributed by atoms with Crippen molar-refractivity contribution in [3.8, 4) is 5.69 Å². The number of nitrogens with zero attached hydrogens (tertiary/aromatic N) is 3. The van der Waals surface area contributed by atoms with E-state index in [1.807, 2.05) is 25.1 Å². The zero-order valence-electron chi connectivity index (χ0n) is 12.2. The van der Waals surface area contributed by atoms with Gasteiger partial charge in [0.05, 0.1) is 23.9 Å². The number of para-hydroxylation sites is 1. The minimum Gasteiger partial charge on any atom is -0.395 e. The van der Waals surface area contributed by atoms with Crippen molar-refractivity contribution in [2.75, 3.05) is 26.3 Å². The lowest BCUT2D eigenvalue weighted by Crippen LogP contribution is -2.36. The minimum atomic E-state index is -0.336. The van der Waals surface area contributed by atoms with Gasteiger partial charge >= 0.3 is 0 Å². The molecule has 0 saturated carbocycles. The Bertz CT molecular complexity index is 651. The molecule has 0 atom stereocenters. The summed E-state index contributed by atoms with van der Waals surface area (Å²) in [4.78, 5) is 13.8. The number of aromatic nitrogens is 2. The zero-order valence-corrected chi connectivity index (χ0v) is 13.0. The molecule has 1 aromatic carbocycles. The van der Waals surface area contributed by atoms with Gasteiger partial charge in [0.1, 0.15) is 0 Å². The number of aliphatic hydroxyl groups is 2. The lowest BCUT2D eigenvalue weighted by molar-refractivity contribution is 0.0678. The first kappa shape index (κ1) is 16.5. The summed E-state index contributed by atoms with van der Waals surface area (Å²) in [5.41, 5.74) is 1.71. The van der Waals surface area contributed by atoms with Gasteiger partial charge in [0.15, 0.2) is 5.69 Å². The normalized spacial score (nSPS) is 10.7. The van der Waals surface area contributed by atoms with E-state index in [0.717, 1.165) is 5.69 Å². The molecule has 22 heavy (non-hydrogen) atoms. The van der Waals surface area contributed by atoms with Gasteiger partial charge in [-0.05, 0) is 25.1 Å². The van der Waals surface area contributed by atoms with Crippen molar-refractivity contribution in [2.45, 2.75) is 6.92 Å². The highest BCUT2D eigenvalue weighted by Gasteiger charge is 2.20. The molecule has 118 valence electrons. The van der Waals surface area contributed by atoms with Crippen LogP contribution in [0.1, 0.15) is 16.2 Å². The van der Waals surface area contributed by atoms with E-state index in [2.05, 4.69) is 5.10 Å². The van der Waals surface area contributed by atoms with Crippen LogP contribution in [0.15, 0.2) is 30.3 Å². The third kappa shape index (κ3) is 3.47. The third-order valence-corrected chi connectivity index (χ3v) is 3.53. The maximum atomic E-state index is 12.4. The Kier molecular flexibility index (Phi) is 5.54. The van der Waals surface area contributed by atoms with Crippen molar-refractivity contribution >= 4 is 17.5 Å².